The van der Waals surface area contributed by atoms with Gasteiger partial charge in [0.25, 0.3) is 0 Å². The lowest BCUT2D eigenvalue weighted by molar-refractivity contribution is -0.897. The van der Waals surface area contributed by atoms with E-state index in [4.69, 9.17) is 11.6 Å². The number of rotatable bonds is 5. The summed E-state index contributed by atoms with van der Waals surface area (Å²) in [6, 6.07) is 3.72. The molecule has 0 aliphatic rings. The highest BCUT2D eigenvalue weighted by Crippen LogP contribution is 2.16. The molecule has 0 amide bonds. The Labute approximate surface area is 125 Å². The fourth-order valence-electron chi connectivity index (χ4n) is 2.23. The van der Waals surface area contributed by atoms with E-state index in [-0.39, 0.29) is 12.4 Å². The summed E-state index contributed by atoms with van der Waals surface area (Å²) in [6.45, 7) is 10.8. The maximum absolute atomic E-state index is 5.96. The third kappa shape index (κ3) is 3.59. The van der Waals surface area contributed by atoms with Crippen molar-refractivity contribution in [3.63, 3.8) is 0 Å². The lowest BCUT2D eigenvalue weighted by Gasteiger charge is -2.16. The molecule has 0 aliphatic heterocycles. The largest absolute Gasteiger partial charge is 1.00 e. The fourth-order valence-corrected chi connectivity index (χ4v) is 2.38. The number of quaternary nitrogens is 1. The average molecular weight is 303 g/mol. The zero-order valence-corrected chi connectivity index (χ0v) is 13.1. The van der Waals surface area contributed by atoms with Gasteiger partial charge in [-0.1, -0.05) is 11.6 Å². The predicted molar refractivity (Wildman–Crippen MR) is 74.2 cm³/mol. The molecule has 106 valence electrons. The van der Waals surface area contributed by atoms with Crippen molar-refractivity contribution in [2.24, 2.45) is 0 Å². The molecule has 0 saturated carbocycles. The van der Waals surface area contributed by atoms with Gasteiger partial charge in [-0.3, -0.25) is 0 Å². The molecular weight excluding hydrogens is 283 g/mol. The molecule has 1 N–H and O–H groups in total. The summed E-state index contributed by atoms with van der Waals surface area (Å²) in [6.07, 6.45) is 0. The van der Waals surface area contributed by atoms with Crippen LogP contribution in [0.1, 0.15) is 19.7 Å². The molecule has 19 heavy (non-hydrogen) atoms. The first-order chi connectivity index (χ1) is 8.65. The number of nitrogens with zero attached hydrogens (tertiary/aromatic N) is 3. The van der Waals surface area contributed by atoms with Gasteiger partial charge in [0.2, 0.25) is 0 Å². The van der Waals surface area contributed by atoms with Crippen molar-refractivity contribution in [1.82, 2.24) is 14.5 Å². The van der Waals surface area contributed by atoms with Gasteiger partial charge in [-0.25, -0.2) is 9.97 Å². The van der Waals surface area contributed by atoms with Crippen molar-refractivity contribution in [1.29, 1.82) is 0 Å². The van der Waals surface area contributed by atoms with Gasteiger partial charge >= 0.3 is 0 Å². The van der Waals surface area contributed by atoms with E-state index in [1.54, 1.807) is 11.0 Å². The quantitative estimate of drug-likeness (QED) is 0.670. The highest BCUT2D eigenvalue weighted by molar-refractivity contribution is 6.29. The number of likely N-dealkylation sites (N-methyl/N-ethyl adjacent to an activating group) is 1. The first-order valence-corrected chi connectivity index (χ1v) is 6.86. The Morgan fingerprint density at radius 1 is 1.21 bits per heavy atom. The Bertz CT molecular complexity index is 535. The first kappa shape index (κ1) is 16.2. The van der Waals surface area contributed by atoms with E-state index >= 15 is 0 Å². The second-order valence-corrected chi connectivity index (χ2v) is 4.88. The zero-order chi connectivity index (χ0) is 13.1. The molecule has 0 unspecified atom stereocenters. The van der Waals surface area contributed by atoms with Crippen molar-refractivity contribution in [3.8, 4) is 0 Å². The van der Waals surface area contributed by atoms with Crippen molar-refractivity contribution in [2.75, 3.05) is 19.6 Å². The van der Waals surface area contributed by atoms with Crippen molar-refractivity contribution in [2.45, 2.75) is 27.3 Å². The molecule has 0 saturated heterocycles. The van der Waals surface area contributed by atoms with Crippen molar-refractivity contribution >= 4 is 22.8 Å². The van der Waals surface area contributed by atoms with Crippen LogP contribution < -0.4 is 17.3 Å². The van der Waals surface area contributed by atoms with Gasteiger partial charge in [0, 0.05) is 0 Å². The number of fused-ring (bicyclic) bond motifs is 1. The van der Waals surface area contributed by atoms with Crippen LogP contribution >= 0.6 is 11.6 Å². The fraction of sp³-hybridized carbons (Fsp3) is 0.538. The van der Waals surface area contributed by atoms with Gasteiger partial charge in [0.05, 0.1) is 26.2 Å². The topological polar surface area (TPSA) is 35.2 Å². The number of aryl methyl sites for hydroxylation is 1. The number of halogens is 2. The van der Waals surface area contributed by atoms with Gasteiger partial charge in [0.1, 0.15) is 16.5 Å². The average Bonchev–Trinajstić information content (AvgIpc) is 2.66. The second-order valence-electron chi connectivity index (χ2n) is 4.49. The molecule has 0 radical (unpaired) electrons. The molecule has 0 spiro atoms. The summed E-state index contributed by atoms with van der Waals surface area (Å²) in [5, 5.41) is 0.527. The Kier molecular flexibility index (Phi) is 6.04. The summed E-state index contributed by atoms with van der Waals surface area (Å²) < 4.78 is 2.16. The van der Waals surface area contributed by atoms with Gasteiger partial charge in [-0.15, -0.1) is 0 Å². The summed E-state index contributed by atoms with van der Waals surface area (Å²) in [5.41, 5.74) is 1.82. The Hall–Kier alpha value is -0.840. The predicted octanol–water partition coefficient (Wildman–Crippen LogP) is -1.68. The first-order valence-electron chi connectivity index (χ1n) is 6.48. The number of imidazole rings is 1. The molecule has 0 atom stereocenters. The second kappa shape index (κ2) is 7.08. The monoisotopic (exact) mass is 302 g/mol. The minimum Gasteiger partial charge on any atom is -1.00 e. The number of hydrogen-bond donors (Lipinski definition) is 1. The standard InChI is InChI=1S/C13H19ClN4.ClH/c1-4-17(5-2)8-9-18-10(3)15-11-6-7-12(14)16-13(11)18;/h6-7H,4-5,8-9H2,1-3H3;1H. The van der Waals surface area contributed by atoms with E-state index in [2.05, 4.69) is 28.4 Å². The van der Waals surface area contributed by atoms with Gasteiger partial charge < -0.3 is 21.9 Å². The van der Waals surface area contributed by atoms with Crippen LogP contribution in [0.3, 0.4) is 0 Å². The van der Waals surface area contributed by atoms with Crippen molar-refractivity contribution < 1.29 is 17.3 Å². The maximum atomic E-state index is 5.96. The zero-order valence-electron chi connectivity index (χ0n) is 11.6. The van der Waals surface area contributed by atoms with E-state index < -0.39 is 0 Å². The molecular formula is C13H20Cl2N4. The van der Waals surface area contributed by atoms with E-state index in [0.717, 1.165) is 43.2 Å². The van der Waals surface area contributed by atoms with Crippen LogP contribution in [0, 0.1) is 6.92 Å². The summed E-state index contributed by atoms with van der Waals surface area (Å²) in [5.74, 6) is 1.01. The molecule has 4 nitrogen and oxygen atoms in total. The lowest BCUT2D eigenvalue weighted by Crippen LogP contribution is -3.11. The van der Waals surface area contributed by atoms with Crippen LogP contribution in [0.2, 0.25) is 5.15 Å². The van der Waals surface area contributed by atoms with E-state index in [0.29, 0.717) is 5.15 Å². The van der Waals surface area contributed by atoms with Gasteiger partial charge in [-0.05, 0) is 32.9 Å². The molecule has 2 aromatic rings. The number of nitrogens with one attached hydrogen (secondary N) is 1. The molecule has 2 heterocycles. The summed E-state index contributed by atoms with van der Waals surface area (Å²) >= 11 is 5.96. The minimum absolute atomic E-state index is 0. The van der Waals surface area contributed by atoms with E-state index in [1.807, 2.05) is 13.0 Å². The molecule has 0 bridgehead atoms. The highest BCUT2D eigenvalue weighted by atomic mass is 35.5. The molecule has 2 aromatic heterocycles. The Balaban J connectivity index is 0.00000180. The molecule has 0 aliphatic carbocycles. The molecule has 2 rings (SSSR count). The number of pyridine rings is 1. The molecule has 0 aromatic carbocycles. The highest BCUT2D eigenvalue weighted by Gasteiger charge is 2.11. The third-order valence-electron chi connectivity index (χ3n) is 3.44. The minimum atomic E-state index is 0. The number of hydrogen-bond acceptors (Lipinski definition) is 2. The van der Waals surface area contributed by atoms with Crippen LogP contribution in [0.5, 0.6) is 0 Å². The van der Waals surface area contributed by atoms with Crippen LogP contribution in [-0.2, 0) is 6.54 Å². The van der Waals surface area contributed by atoms with Gasteiger partial charge in [0.15, 0.2) is 5.65 Å². The van der Waals surface area contributed by atoms with E-state index in [9.17, 15) is 0 Å². The smallest absolute Gasteiger partial charge is 0.161 e. The molecule has 0 fully saturated rings. The normalized spacial score (nSPS) is 11.0. The van der Waals surface area contributed by atoms with Gasteiger partial charge in [-0.2, -0.15) is 0 Å². The van der Waals surface area contributed by atoms with Crippen molar-refractivity contribution in [3.05, 3.63) is 23.1 Å². The number of aromatic nitrogens is 3. The van der Waals surface area contributed by atoms with Crippen LogP contribution in [0.15, 0.2) is 12.1 Å². The molecule has 6 heteroatoms. The summed E-state index contributed by atoms with van der Waals surface area (Å²) in [4.78, 5) is 10.5. The maximum Gasteiger partial charge on any atom is 0.161 e. The van der Waals surface area contributed by atoms with Crippen LogP contribution in [0.4, 0.5) is 0 Å². The van der Waals surface area contributed by atoms with Crippen LogP contribution in [0.25, 0.3) is 11.2 Å². The van der Waals surface area contributed by atoms with Crippen LogP contribution in [-0.4, -0.2) is 34.2 Å². The lowest BCUT2D eigenvalue weighted by atomic mass is 10.4. The third-order valence-corrected chi connectivity index (χ3v) is 3.65. The Morgan fingerprint density at radius 2 is 1.89 bits per heavy atom. The Morgan fingerprint density at radius 3 is 2.53 bits per heavy atom. The van der Waals surface area contributed by atoms with E-state index in [1.165, 1.54) is 0 Å². The summed E-state index contributed by atoms with van der Waals surface area (Å²) in [7, 11) is 0. The SMILES string of the molecule is CC[NH+](CC)CCn1c(C)nc2ccc(Cl)nc21.[Cl-].